The van der Waals surface area contributed by atoms with Crippen LogP contribution in [-0.2, 0) is 5.41 Å². The van der Waals surface area contributed by atoms with Gasteiger partial charge in [-0.15, -0.1) is 0 Å². The summed E-state index contributed by atoms with van der Waals surface area (Å²) in [7, 11) is 1.96. The lowest BCUT2D eigenvalue weighted by Gasteiger charge is -2.21. The molecule has 0 aliphatic heterocycles. The number of fused-ring (bicyclic) bond motifs is 1. The Balaban J connectivity index is 1.85. The second-order valence-electron chi connectivity index (χ2n) is 9.26. The van der Waals surface area contributed by atoms with Gasteiger partial charge in [0.25, 0.3) is 0 Å². The first kappa shape index (κ1) is 21.3. The van der Waals surface area contributed by atoms with Crippen molar-refractivity contribution in [2.24, 2.45) is 0 Å². The molecule has 4 rings (SSSR count). The maximum atomic E-state index is 14.1. The van der Waals surface area contributed by atoms with Gasteiger partial charge in [0.15, 0.2) is 0 Å². The summed E-state index contributed by atoms with van der Waals surface area (Å²) in [5.41, 5.74) is 6.03. The maximum Gasteiger partial charge on any atom is 0.123 e. The first-order chi connectivity index (χ1) is 14.9. The van der Waals surface area contributed by atoms with E-state index in [-0.39, 0.29) is 17.3 Å². The fourth-order valence-electron chi connectivity index (χ4n) is 4.30. The van der Waals surface area contributed by atoms with Crippen LogP contribution in [0.25, 0.3) is 22.0 Å². The molecule has 1 atom stereocenters. The van der Waals surface area contributed by atoms with E-state index in [2.05, 4.69) is 85.4 Å². The monoisotopic (exact) mass is 414 g/mol. The molecule has 0 fully saturated rings. The number of nitrogens with zero attached hydrogens (tertiary/aromatic N) is 1. The van der Waals surface area contributed by atoms with E-state index in [9.17, 15) is 4.39 Å². The third-order valence-corrected chi connectivity index (χ3v) is 6.04. The number of hydrogen-bond acceptors (Lipinski definition) is 1. The van der Waals surface area contributed by atoms with Crippen LogP contribution in [0.3, 0.4) is 0 Å². The number of para-hydroxylation sites is 1. The van der Waals surface area contributed by atoms with Gasteiger partial charge in [0, 0.05) is 22.7 Å². The van der Waals surface area contributed by atoms with Gasteiger partial charge in [-0.2, -0.15) is 0 Å². The third-order valence-electron chi connectivity index (χ3n) is 6.04. The Bertz CT molecular complexity index is 1170. The number of rotatable bonds is 6. The second-order valence-corrected chi connectivity index (χ2v) is 9.26. The molecule has 2 nitrogen and oxygen atoms in total. The first-order valence-electron chi connectivity index (χ1n) is 11.0. The van der Waals surface area contributed by atoms with Crippen LogP contribution in [0, 0.1) is 5.82 Å². The van der Waals surface area contributed by atoms with Gasteiger partial charge in [-0.05, 0) is 60.3 Å². The molecule has 4 aromatic rings. The summed E-state index contributed by atoms with van der Waals surface area (Å²) < 4.78 is 16.4. The Morgan fingerprint density at radius 1 is 0.935 bits per heavy atom. The van der Waals surface area contributed by atoms with Crippen LogP contribution in [0.15, 0.2) is 79.0 Å². The Labute approximate surface area is 184 Å². The van der Waals surface area contributed by atoms with Crippen molar-refractivity contribution in [3.05, 3.63) is 95.9 Å². The van der Waals surface area contributed by atoms with E-state index < -0.39 is 0 Å². The molecule has 0 spiro atoms. The van der Waals surface area contributed by atoms with Gasteiger partial charge in [-0.3, -0.25) is 0 Å². The van der Waals surface area contributed by atoms with E-state index in [1.165, 1.54) is 33.7 Å². The fourth-order valence-corrected chi connectivity index (χ4v) is 4.30. The van der Waals surface area contributed by atoms with Crippen molar-refractivity contribution in [1.82, 2.24) is 9.88 Å². The normalized spacial score (nSPS) is 12.9. The summed E-state index contributed by atoms with van der Waals surface area (Å²) >= 11 is 0. The minimum Gasteiger partial charge on any atom is -0.339 e. The van der Waals surface area contributed by atoms with Crippen LogP contribution in [-0.4, -0.2) is 18.2 Å². The molecule has 31 heavy (non-hydrogen) atoms. The van der Waals surface area contributed by atoms with Crippen LogP contribution in [0.2, 0.25) is 0 Å². The largest absolute Gasteiger partial charge is 0.339 e. The van der Waals surface area contributed by atoms with E-state index >= 15 is 0 Å². The molecule has 0 bridgehead atoms. The van der Waals surface area contributed by atoms with E-state index in [0.29, 0.717) is 0 Å². The zero-order valence-electron chi connectivity index (χ0n) is 18.8. The Kier molecular flexibility index (Phi) is 5.97. The van der Waals surface area contributed by atoms with Crippen molar-refractivity contribution < 1.29 is 4.39 Å². The second kappa shape index (κ2) is 8.68. The van der Waals surface area contributed by atoms with E-state index in [4.69, 9.17) is 0 Å². The Hall–Kier alpha value is -2.91. The molecular formula is C28H31FN2. The predicted octanol–water partition coefficient (Wildman–Crippen LogP) is 6.94. The summed E-state index contributed by atoms with van der Waals surface area (Å²) in [6.07, 6.45) is 3.11. The summed E-state index contributed by atoms with van der Waals surface area (Å²) in [6.45, 7) is 7.56. The van der Waals surface area contributed by atoms with Gasteiger partial charge in [-0.25, -0.2) is 4.39 Å². The minimum atomic E-state index is -0.193. The van der Waals surface area contributed by atoms with Crippen molar-refractivity contribution in [2.45, 2.75) is 38.6 Å². The van der Waals surface area contributed by atoms with E-state index in [1.807, 2.05) is 13.1 Å². The third kappa shape index (κ3) is 4.42. The minimum absolute atomic E-state index is 0.0515. The number of aromatic nitrogens is 1. The molecule has 0 saturated heterocycles. The summed E-state index contributed by atoms with van der Waals surface area (Å²) in [5.74, 6) is -0.193. The lowest BCUT2D eigenvalue weighted by molar-refractivity contribution is 0.534. The molecule has 0 radical (unpaired) electrons. The first-order valence-corrected chi connectivity index (χ1v) is 11.0. The van der Waals surface area contributed by atoms with Crippen LogP contribution >= 0.6 is 0 Å². The quantitative estimate of drug-likeness (QED) is 0.361. The van der Waals surface area contributed by atoms with Gasteiger partial charge in [0.05, 0.1) is 6.04 Å². The highest BCUT2D eigenvalue weighted by atomic mass is 19.1. The standard InChI is InChI=1S/C28H31FN2/c1-28(2,3)22-14-12-20(13-15-22)25-19-31(27-11-6-5-10-24(25)27)26(16-17-30-4)21-8-7-9-23(29)18-21/h5-15,18-19,26,30H,16-17H2,1-4H3. The number of hydrogen-bond donors (Lipinski definition) is 1. The van der Waals surface area contributed by atoms with Crippen LogP contribution in [0.4, 0.5) is 4.39 Å². The molecule has 1 unspecified atom stereocenters. The van der Waals surface area contributed by atoms with Crippen molar-refractivity contribution in [3.8, 4) is 11.1 Å². The fraction of sp³-hybridized carbons (Fsp3) is 0.286. The van der Waals surface area contributed by atoms with Crippen LogP contribution in [0.1, 0.15) is 44.4 Å². The van der Waals surface area contributed by atoms with Gasteiger partial charge < -0.3 is 9.88 Å². The highest BCUT2D eigenvalue weighted by molar-refractivity contribution is 5.96. The summed E-state index contributed by atoms with van der Waals surface area (Å²) in [6, 6.07) is 24.4. The van der Waals surface area contributed by atoms with Crippen molar-refractivity contribution >= 4 is 10.9 Å². The Morgan fingerprint density at radius 2 is 1.68 bits per heavy atom. The van der Waals surface area contributed by atoms with Crippen LogP contribution in [0.5, 0.6) is 0 Å². The average Bonchev–Trinajstić information content (AvgIpc) is 3.13. The van der Waals surface area contributed by atoms with Gasteiger partial charge in [0.1, 0.15) is 5.82 Å². The van der Waals surface area contributed by atoms with Gasteiger partial charge in [-0.1, -0.05) is 75.4 Å². The summed E-state index contributed by atoms with van der Waals surface area (Å²) in [4.78, 5) is 0. The molecule has 3 aromatic carbocycles. The van der Waals surface area contributed by atoms with Crippen LogP contribution < -0.4 is 5.32 Å². The predicted molar refractivity (Wildman–Crippen MR) is 129 cm³/mol. The van der Waals surface area contributed by atoms with Crippen molar-refractivity contribution in [3.63, 3.8) is 0 Å². The highest BCUT2D eigenvalue weighted by Crippen LogP contribution is 2.36. The molecule has 1 heterocycles. The summed E-state index contributed by atoms with van der Waals surface area (Å²) in [5, 5.41) is 4.47. The zero-order valence-corrected chi connectivity index (χ0v) is 18.8. The molecule has 1 aromatic heterocycles. The number of halogens is 1. The molecule has 0 saturated carbocycles. The van der Waals surface area contributed by atoms with Crippen molar-refractivity contribution in [1.29, 1.82) is 0 Å². The molecule has 0 aliphatic carbocycles. The van der Waals surface area contributed by atoms with E-state index in [1.54, 1.807) is 12.1 Å². The smallest absolute Gasteiger partial charge is 0.123 e. The molecular weight excluding hydrogens is 383 g/mol. The zero-order chi connectivity index (χ0) is 22.0. The van der Waals surface area contributed by atoms with Gasteiger partial charge in [0.2, 0.25) is 0 Å². The number of benzene rings is 3. The van der Waals surface area contributed by atoms with E-state index in [0.717, 1.165) is 18.5 Å². The number of nitrogens with one attached hydrogen (secondary N) is 1. The Morgan fingerprint density at radius 3 is 2.35 bits per heavy atom. The lowest BCUT2D eigenvalue weighted by atomic mass is 9.86. The molecule has 160 valence electrons. The van der Waals surface area contributed by atoms with Gasteiger partial charge >= 0.3 is 0 Å². The SMILES string of the molecule is CNCCC(c1cccc(F)c1)n1cc(-c2ccc(C(C)(C)C)cc2)c2ccccc21. The topological polar surface area (TPSA) is 17.0 Å². The maximum absolute atomic E-state index is 14.1. The molecule has 1 N–H and O–H groups in total. The molecule has 0 aliphatic rings. The lowest BCUT2D eigenvalue weighted by Crippen LogP contribution is -2.17. The average molecular weight is 415 g/mol. The molecule has 0 amide bonds. The van der Waals surface area contributed by atoms with Crippen molar-refractivity contribution in [2.75, 3.05) is 13.6 Å². The highest BCUT2D eigenvalue weighted by Gasteiger charge is 2.20. The molecule has 3 heteroatoms.